The van der Waals surface area contributed by atoms with E-state index in [0.29, 0.717) is 17.7 Å². The van der Waals surface area contributed by atoms with Crippen LogP contribution in [0, 0.1) is 17.0 Å². The molecule has 1 unspecified atom stereocenters. The summed E-state index contributed by atoms with van der Waals surface area (Å²) in [4.78, 5) is 16.5. The third-order valence-electron chi connectivity index (χ3n) is 4.61. The molecule has 0 radical (unpaired) electrons. The number of allylic oxidation sites excluding steroid dienone is 3. The van der Waals surface area contributed by atoms with Crippen molar-refractivity contribution in [1.82, 2.24) is 5.32 Å². The van der Waals surface area contributed by atoms with Crippen molar-refractivity contribution in [3.63, 3.8) is 0 Å². The predicted molar refractivity (Wildman–Crippen MR) is 120 cm³/mol. The summed E-state index contributed by atoms with van der Waals surface area (Å²) in [6, 6.07) is 7.19. The van der Waals surface area contributed by atoms with E-state index in [1.807, 2.05) is 0 Å². The lowest BCUT2D eigenvalue weighted by molar-refractivity contribution is -0.116. The van der Waals surface area contributed by atoms with Crippen molar-refractivity contribution in [2.75, 3.05) is 17.6 Å². The number of aliphatic imine (C=N–C) groups is 1. The normalized spacial score (nSPS) is 13.9. The number of benzene rings is 2. The first-order chi connectivity index (χ1) is 14.9. The molecule has 158 valence electrons. The Morgan fingerprint density at radius 2 is 2.03 bits per heavy atom. The summed E-state index contributed by atoms with van der Waals surface area (Å²) < 4.78 is 27.5. The largest absolute Gasteiger partial charge is 0.398 e. The Hall–Kier alpha value is -4.07. The maximum Gasteiger partial charge on any atom is 0.253 e. The first-order valence-corrected chi connectivity index (χ1v) is 9.36. The standard InChI is InChI=1S/C23H21F2N5O/c1-28-22(15-3-2-10-29-13-15)23(31)30-21-11-17(20(27)12-18(21)25)19(26)9-6-14-4-7-16(24)8-5-14/h2-12,22,26,29H,1,13,27H2,(H,30,31)/b9-6+,26-19?. The lowest BCUT2D eigenvalue weighted by Crippen LogP contribution is -2.32. The topological polar surface area (TPSA) is 103 Å². The second kappa shape index (κ2) is 9.62. The Kier molecular flexibility index (Phi) is 6.71. The first-order valence-electron chi connectivity index (χ1n) is 9.36. The minimum absolute atomic E-state index is 0.0000423. The van der Waals surface area contributed by atoms with Gasteiger partial charge in [0, 0.05) is 17.8 Å². The summed E-state index contributed by atoms with van der Waals surface area (Å²) in [5, 5.41) is 13.7. The van der Waals surface area contributed by atoms with Crippen LogP contribution in [0.15, 0.2) is 71.4 Å². The van der Waals surface area contributed by atoms with Crippen LogP contribution in [0.5, 0.6) is 0 Å². The molecule has 0 fully saturated rings. The van der Waals surface area contributed by atoms with Gasteiger partial charge in [-0.2, -0.15) is 0 Å². The number of carbonyl (C=O) groups is 1. The number of amides is 1. The third-order valence-corrected chi connectivity index (χ3v) is 4.61. The van der Waals surface area contributed by atoms with Crippen molar-refractivity contribution < 1.29 is 13.6 Å². The summed E-state index contributed by atoms with van der Waals surface area (Å²) in [6.45, 7) is 3.87. The van der Waals surface area contributed by atoms with Crippen molar-refractivity contribution in [2.24, 2.45) is 4.99 Å². The number of carbonyl (C=O) groups excluding carboxylic acids is 1. The molecule has 8 heteroatoms. The number of nitrogens with one attached hydrogen (secondary N) is 3. The highest BCUT2D eigenvalue weighted by Crippen LogP contribution is 2.24. The molecule has 0 bridgehead atoms. The molecule has 0 aliphatic carbocycles. The first kappa shape index (κ1) is 21.6. The second-order valence-electron chi connectivity index (χ2n) is 6.77. The second-order valence-corrected chi connectivity index (χ2v) is 6.77. The van der Waals surface area contributed by atoms with E-state index in [4.69, 9.17) is 11.1 Å². The minimum atomic E-state index is -0.893. The van der Waals surface area contributed by atoms with Gasteiger partial charge in [0.05, 0.1) is 11.4 Å². The van der Waals surface area contributed by atoms with E-state index >= 15 is 0 Å². The molecule has 1 aliphatic rings. The van der Waals surface area contributed by atoms with Crippen LogP contribution in [0.3, 0.4) is 0 Å². The van der Waals surface area contributed by atoms with E-state index in [1.165, 1.54) is 24.3 Å². The Morgan fingerprint density at radius 3 is 2.68 bits per heavy atom. The van der Waals surface area contributed by atoms with Gasteiger partial charge in [0.25, 0.3) is 5.91 Å². The number of nitrogen functional groups attached to an aromatic ring is 1. The maximum atomic E-state index is 14.4. The van der Waals surface area contributed by atoms with Gasteiger partial charge in [-0.1, -0.05) is 24.3 Å². The molecule has 6 nitrogen and oxygen atoms in total. The van der Waals surface area contributed by atoms with Crippen molar-refractivity contribution in [3.05, 3.63) is 89.2 Å². The maximum absolute atomic E-state index is 14.4. The molecule has 0 aromatic heterocycles. The molecule has 3 rings (SSSR count). The number of dihydropyridines is 1. The Morgan fingerprint density at radius 1 is 1.29 bits per heavy atom. The van der Waals surface area contributed by atoms with Crippen molar-refractivity contribution in [3.8, 4) is 0 Å². The Balaban J connectivity index is 1.81. The summed E-state index contributed by atoms with van der Waals surface area (Å²) in [7, 11) is 0. The number of nitrogens with zero attached hydrogens (tertiary/aromatic N) is 1. The van der Waals surface area contributed by atoms with Crippen molar-refractivity contribution in [1.29, 1.82) is 5.41 Å². The number of rotatable bonds is 7. The molecular formula is C23H21F2N5O. The molecule has 1 heterocycles. The summed E-state index contributed by atoms with van der Waals surface area (Å²) in [5.74, 6) is -1.65. The lowest BCUT2D eigenvalue weighted by atomic mass is 10.0. The van der Waals surface area contributed by atoms with Gasteiger partial charge < -0.3 is 21.8 Å². The van der Waals surface area contributed by atoms with E-state index in [0.717, 1.165) is 6.07 Å². The average Bonchev–Trinajstić information content (AvgIpc) is 2.76. The number of anilines is 2. The molecule has 0 spiro atoms. The van der Waals surface area contributed by atoms with Crippen LogP contribution in [0.4, 0.5) is 20.2 Å². The molecular weight excluding hydrogens is 400 g/mol. The van der Waals surface area contributed by atoms with E-state index in [-0.39, 0.29) is 28.5 Å². The van der Waals surface area contributed by atoms with Crippen molar-refractivity contribution in [2.45, 2.75) is 6.04 Å². The van der Waals surface area contributed by atoms with Crippen molar-refractivity contribution >= 4 is 35.8 Å². The Labute approximate surface area is 178 Å². The van der Waals surface area contributed by atoms with E-state index in [2.05, 4.69) is 22.3 Å². The van der Waals surface area contributed by atoms with Gasteiger partial charge in [-0.25, -0.2) is 8.78 Å². The van der Waals surface area contributed by atoms with Crippen LogP contribution in [-0.4, -0.2) is 30.9 Å². The quantitative estimate of drug-likeness (QED) is 0.405. The third kappa shape index (κ3) is 5.30. The number of halogens is 2. The molecule has 0 saturated carbocycles. The zero-order chi connectivity index (χ0) is 22.4. The van der Waals surface area contributed by atoms with Gasteiger partial charge in [0.15, 0.2) is 6.04 Å². The number of nitrogens with two attached hydrogens (primary N) is 1. The van der Waals surface area contributed by atoms with Crippen LogP contribution < -0.4 is 16.4 Å². The fourth-order valence-corrected chi connectivity index (χ4v) is 2.99. The number of hydrogen-bond acceptors (Lipinski definition) is 5. The zero-order valence-electron chi connectivity index (χ0n) is 16.5. The van der Waals surface area contributed by atoms with Gasteiger partial charge in [-0.05, 0) is 60.5 Å². The molecule has 5 N–H and O–H groups in total. The lowest BCUT2D eigenvalue weighted by Gasteiger charge is -2.18. The summed E-state index contributed by atoms with van der Waals surface area (Å²) >= 11 is 0. The molecule has 0 saturated heterocycles. The monoisotopic (exact) mass is 421 g/mol. The smallest absolute Gasteiger partial charge is 0.253 e. The Bertz CT molecular complexity index is 1100. The minimum Gasteiger partial charge on any atom is -0.398 e. The molecule has 2 aromatic carbocycles. The average molecular weight is 421 g/mol. The van der Waals surface area contributed by atoms with Crippen LogP contribution in [0.2, 0.25) is 0 Å². The van der Waals surface area contributed by atoms with Gasteiger partial charge >= 0.3 is 0 Å². The molecule has 2 aromatic rings. The van der Waals surface area contributed by atoms with E-state index in [1.54, 1.807) is 36.6 Å². The highest BCUT2D eigenvalue weighted by Gasteiger charge is 2.23. The van der Waals surface area contributed by atoms with Crippen LogP contribution in [-0.2, 0) is 4.79 Å². The molecule has 31 heavy (non-hydrogen) atoms. The predicted octanol–water partition coefficient (Wildman–Crippen LogP) is 3.68. The van der Waals surface area contributed by atoms with Gasteiger partial charge in [0.1, 0.15) is 11.6 Å². The van der Waals surface area contributed by atoms with E-state index < -0.39 is 17.8 Å². The molecule has 1 atom stereocenters. The molecule has 1 aliphatic heterocycles. The number of hydrogen-bond donors (Lipinski definition) is 4. The van der Waals surface area contributed by atoms with Crippen LogP contribution >= 0.6 is 0 Å². The fourth-order valence-electron chi connectivity index (χ4n) is 2.99. The summed E-state index contributed by atoms with van der Waals surface area (Å²) in [6.07, 6.45) is 8.29. The molecule has 1 amide bonds. The van der Waals surface area contributed by atoms with Crippen LogP contribution in [0.1, 0.15) is 11.1 Å². The van der Waals surface area contributed by atoms with Gasteiger partial charge in [-0.3, -0.25) is 9.79 Å². The van der Waals surface area contributed by atoms with Crippen LogP contribution in [0.25, 0.3) is 6.08 Å². The van der Waals surface area contributed by atoms with E-state index in [9.17, 15) is 13.6 Å². The summed E-state index contributed by atoms with van der Waals surface area (Å²) in [5.41, 5.74) is 7.41. The highest BCUT2D eigenvalue weighted by molar-refractivity contribution is 6.12. The zero-order valence-corrected chi connectivity index (χ0v) is 16.5. The fraction of sp³-hybridized carbons (Fsp3) is 0.0870. The van der Waals surface area contributed by atoms with Gasteiger partial charge in [0.2, 0.25) is 0 Å². The highest BCUT2D eigenvalue weighted by atomic mass is 19.1. The van der Waals surface area contributed by atoms with Gasteiger partial charge in [-0.15, -0.1) is 0 Å². The SMILES string of the molecule is C=NC(C(=O)Nc1cc(C(=N)/C=C/c2ccc(F)cc2)c(N)cc1F)C1=CC=CNC1.